The van der Waals surface area contributed by atoms with Gasteiger partial charge in [0.2, 0.25) is 0 Å². The highest BCUT2D eigenvalue weighted by Gasteiger charge is 2.27. The number of aliphatic carboxylic acids is 1. The predicted molar refractivity (Wildman–Crippen MR) is 71.9 cm³/mol. The van der Waals surface area contributed by atoms with Gasteiger partial charge in [-0.1, -0.05) is 24.6 Å². The molecule has 1 atom stereocenters. The van der Waals surface area contributed by atoms with Gasteiger partial charge in [0.1, 0.15) is 10.6 Å². The second-order valence-corrected chi connectivity index (χ2v) is 4.73. The molecule has 1 unspecified atom stereocenters. The number of carboxylic acids is 1. The highest BCUT2D eigenvalue weighted by atomic mass is 35.5. The van der Waals surface area contributed by atoms with Gasteiger partial charge in [-0.05, 0) is 12.1 Å². The second-order valence-electron chi connectivity index (χ2n) is 4.32. The molecule has 0 aromatic heterocycles. The lowest BCUT2D eigenvalue weighted by Gasteiger charge is -2.19. The fourth-order valence-electron chi connectivity index (χ4n) is 1.65. The van der Waals surface area contributed by atoms with Gasteiger partial charge < -0.3 is 10.0 Å². The molecule has 0 aliphatic carbocycles. The number of nitro benzene ring substituents is 1. The van der Waals surface area contributed by atoms with Crippen molar-refractivity contribution in [2.75, 3.05) is 13.6 Å². The van der Waals surface area contributed by atoms with E-state index in [1.165, 1.54) is 32.2 Å². The first kappa shape index (κ1) is 15.9. The van der Waals surface area contributed by atoms with Crippen LogP contribution in [-0.2, 0) is 4.79 Å². The Kier molecular flexibility index (Phi) is 5.04. The minimum Gasteiger partial charge on any atom is -0.481 e. The Morgan fingerprint density at radius 2 is 2.10 bits per heavy atom. The Hall–Kier alpha value is -2.15. The molecule has 0 aliphatic heterocycles. The predicted octanol–water partition coefficient (Wildman–Crippen LogP) is 2.04. The van der Waals surface area contributed by atoms with Crippen LogP contribution in [0.1, 0.15) is 17.3 Å². The summed E-state index contributed by atoms with van der Waals surface area (Å²) >= 11 is 5.72. The fraction of sp³-hybridized carbons (Fsp3) is 0.333. The number of nitro groups is 1. The highest BCUT2D eigenvalue weighted by Crippen LogP contribution is 2.29. The second kappa shape index (κ2) is 6.33. The molecular formula is C12H13ClN2O5. The van der Waals surface area contributed by atoms with E-state index in [0.717, 1.165) is 4.90 Å². The SMILES string of the molecule is CC(CN(C)C(=O)c1cccc(Cl)c1[N+](=O)[O-])C(=O)O. The summed E-state index contributed by atoms with van der Waals surface area (Å²) in [6, 6.07) is 4.03. The van der Waals surface area contributed by atoms with E-state index >= 15 is 0 Å². The third kappa shape index (κ3) is 3.45. The normalized spacial score (nSPS) is 11.8. The van der Waals surface area contributed by atoms with Crippen molar-refractivity contribution in [3.05, 3.63) is 38.9 Å². The minimum absolute atomic E-state index is 0.0577. The van der Waals surface area contributed by atoms with Crippen molar-refractivity contribution in [2.45, 2.75) is 6.92 Å². The number of hydrogen-bond donors (Lipinski definition) is 1. The van der Waals surface area contributed by atoms with Gasteiger partial charge in [-0.25, -0.2) is 0 Å². The molecule has 0 bridgehead atoms. The molecule has 8 heteroatoms. The summed E-state index contributed by atoms with van der Waals surface area (Å²) in [5, 5.41) is 19.6. The summed E-state index contributed by atoms with van der Waals surface area (Å²) in [4.78, 5) is 34.3. The fourth-order valence-corrected chi connectivity index (χ4v) is 1.89. The highest BCUT2D eigenvalue weighted by molar-refractivity contribution is 6.33. The van der Waals surface area contributed by atoms with E-state index in [2.05, 4.69) is 0 Å². The van der Waals surface area contributed by atoms with E-state index in [9.17, 15) is 19.7 Å². The molecule has 0 saturated heterocycles. The van der Waals surface area contributed by atoms with Crippen molar-refractivity contribution in [1.82, 2.24) is 4.90 Å². The minimum atomic E-state index is -1.05. The van der Waals surface area contributed by atoms with Gasteiger partial charge in [-0.15, -0.1) is 0 Å². The Bertz CT molecular complexity index is 561. The van der Waals surface area contributed by atoms with Crippen LogP contribution in [-0.4, -0.2) is 40.4 Å². The number of benzene rings is 1. The summed E-state index contributed by atoms with van der Waals surface area (Å²) in [6.07, 6.45) is 0. The van der Waals surface area contributed by atoms with E-state index in [-0.39, 0.29) is 17.1 Å². The molecule has 0 saturated carbocycles. The van der Waals surface area contributed by atoms with Crippen molar-refractivity contribution in [3.63, 3.8) is 0 Å². The maximum absolute atomic E-state index is 12.2. The summed E-state index contributed by atoms with van der Waals surface area (Å²) in [7, 11) is 1.38. The van der Waals surface area contributed by atoms with Gasteiger partial charge in [0.25, 0.3) is 5.91 Å². The van der Waals surface area contributed by atoms with Crippen molar-refractivity contribution in [2.24, 2.45) is 5.92 Å². The molecule has 0 radical (unpaired) electrons. The third-order valence-electron chi connectivity index (χ3n) is 2.72. The summed E-state index contributed by atoms with van der Waals surface area (Å²) in [5.74, 6) is -2.47. The molecular weight excluding hydrogens is 288 g/mol. The number of carboxylic acid groups (broad SMARTS) is 1. The number of rotatable bonds is 5. The molecule has 0 heterocycles. The molecule has 7 nitrogen and oxygen atoms in total. The van der Waals surface area contributed by atoms with Gasteiger partial charge in [0, 0.05) is 13.6 Å². The van der Waals surface area contributed by atoms with Gasteiger partial charge >= 0.3 is 11.7 Å². The Balaban J connectivity index is 3.06. The number of carbonyl (C=O) groups is 2. The van der Waals surface area contributed by atoms with Crippen LogP contribution in [0.15, 0.2) is 18.2 Å². The van der Waals surface area contributed by atoms with Crippen LogP contribution in [0, 0.1) is 16.0 Å². The van der Waals surface area contributed by atoms with E-state index in [4.69, 9.17) is 16.7 Å². The van der Waals surface area contributed by atoms with Crippen LogP contribution in [0.2, 0.25) is 5.02 Å². The van der Waals surface area contributed by atoms with E-state index in [1.807, 2.05) is 0 Å². The monoisotopic (exact) mass is 300 g/mol. The Morgan fingerprint density at radius 3 is 2.60 bits per heavy atom. The van der Waals surface area contributed by atoms with Gasteiger partial charge in [-0.3, -0.25) is 19.7 Å². The zero-order valence-corrected chi connectivity index (χ0v) is 11.6. The van der Waals surface area contributed by atoms with Crippen LogP contribution >= 0.6 is 11.6 Å². The molecule has 108 valence electrons. The molecule has 1 aromatic rings. The van der Waals surface area contributed by atoms with E-state index < -0.39 is 28.4 Å². The van der Waals surface area contributed by atoms with Gasteiger partial charge in [-0.2, -0.15) is 0 Å². The van der Waals surface area contributed by atoms with Crippen molar-refractivity contribution < 1.29 is 19.6 Å². The van der Waals surface area contributed by atoms with E-state index in [0.29, 0.717) is 0 Å². The molecule has 1 amide bonds. The molecule has 1 N–H and O–H groups in total. The lowest BCUT2D eigenvalue weighted by Crippen LogP contribution is -2.34. The standard InChI is InChI=1S/C12H13ClN2O5/c1-7(12(17)18)6-14(2)11(16)8-4-3-5-9(13)10(8)15(19)20/h3-5,7H,6H2,1-2H3,(H,17,18). The first-order valence-corrected chi connectivity index (χ1v) is 6.04. The van der Waals surface area contributed by atoms with Gasteiger partial charge in [0.05, 0.1) is 10.8 Å². The van der Waals surface area contributed by atoms with Crippen molar-refractivity contribution in [3.8, 4) is 0 Å². The van der Waals surface area contributed by atoms with E-state index in [1.54, 1.807) is 0 Å². The average Bonchev–Trinajstić information content (AvgIpc) is 2.36. The lowest BCUT2D eigenvalue weighted by molar-refractivity contribution is -0.385. The molecule has 1 rings (SSSR count). The van der Waals surface area contributed by atoms with Crippen molar-refractivity contribution in [1.29, 1.82) is 0 Å². The first-order valence-electron chi connectivity index (χ1n) is 5.66. The summed E-state index contributed by atoms with van der Waals surface area (Å²) < 4.78 is 0. The molecule has 0 aliphatic rings. The number of nitrogens with zero attached hydrogens (tertiary/aromatic N) is 2. The molecule has 0 spiro atoms. The van der Waals surface area contributed by atoms with Crippen LogP contribution in [0.5, 0.6) is 0 Å². The molecule has 20 heavy (non-hydrogen) atoms. The number of carbonyl (C=O) groups excluding carboxylic acids is 1. The largest absolute Gasteiger partial charge is 0.481 e. The number of amides is 1. The third-order valence-corrected chi connectivity index (χ3v) is 3.02. The average molecular weight is 301 g/mol. The maximum Gasteiger partial charge on any atom is 0.308 e. The quantitative estimate of drug-likeness (QED) is 0.662. The van der Waals surface area contributed by atoms with Crippen LogP contribution < -0.4 is 0 Å². The lowest BCUT2D eigenvalue weighted by atomic mass is 10.1. The summed E-state index contributed by atoms with van der Waals surface area (Å²) in [5.41, 5.74) is -0.642. The Labute approximate surface area is 119 Å². The molecule has 0 fully saturated rings. The topological polar surface area (TPSA) is 101 Å². The zero-order chi connectivity index (χ0) is 15.4. The van der Waals surface area contributed by atoms with Crippen LogP contribution in [0.3, 0.4) is 0 Å². The van der Waals surface area contributed by atoms with Crippen LogP contribution in [0.4, 0.5) is 5.69 Å². The molecule has 1 aromatic carbocycles. The first-order chi connectivity index (χ1) is 9.25. The summed E-state index contributed by atoms with van der Waals surface area (Å²) in [6.45, 7) is 1.39. The maximum atomic E-state index is 12.2. The zero-order valence-electron chi connectivity index (χ0n) is 10.9. The van der Waals surface area contributed by atoms with Crippen LogP contribution in [0.25, 0.3) is 0 Å². The Morgan fingerprint density at radius 1 is 1.50 bits per heavy atom. The number of halogens is 1. The number of hydrogen-bond acceptors (Lipinski definition) is 4. The number of para-hydroxylation sites is 1. The van der Waals surface area contributed by atoms with Gasteiger partial charge in [0.15, 0.2) is 0 Å². The van der Waals surface area contributed by atoms with Crippen molar-refractivity contribution >= 4 is 29.2 Å². The smallest absolute Gasteiger partial charge is 0.308 e.